The zero-order valence-corrected chi connectivity index (χ0v) is 12.3. The summed E-state index contributed by atoms with van der Waals surface area (Å²) in [7, 11) is 1.99. The molecule has 0 spiro atoms. The van der Waals surface area contributed by atoms with Crippen molar-refractivity contribution in [2.45, 2.75) is 26.4 Å². The van der Waals surface area contributed by atoms with Gasteiger partial charge in [0, 0.05) is 24.1 Å². The second kappa shape index (κ2) is 6.99. The molecule has 0 heterocycles. The topological polar surface area (TPSA) is 35.5 Å². The maximum atomic E-state index is 9.16. The fourth-order valence-electron chi connectivity index (χ4n) is 1.58. The van der Waals surface area contributed by atoms with E-state index in [1.165, 1.54) is 5.56 Å². The number of nitrogens with zero attached hydrogens (tertiary/aromatic N) is 1. The number of aliphatic hydroxyl groups is 1. The molecule has 0 amide bonds. The Morgan fingerprint density at radius 3 is 2.71 bits per heavy atom. The third-order valence-corrected chi connectivity index (χ3v) is 3.53. The molecule has 0 aliphatic rings. The van der Waals surface area contributed by atoms with Gasteiger partial charge in [0.05, 0.1) is 12.3 Å². The highest BCUT2D eigenvalue weighted by Crippen LogP contribution is 2.27. The van der Waals surface area contributed by atoms with Crippen LogP contribution < -0.4 is 10.2 Å². The lowest BCUT2D eigenvalue weighted by Crippen LogP contribution is -2.32. The van der Waals surface area contributed by atoms with Crippen LogP contribution in [0.5, 0.6) is 0 Å². The first-order chi connectivity index (χ1) is 8.10. The second-order valence-corrected chi connectivity index (χ2v) is 5.06. The molecular formula is C13H21BrN2O. The van der Waals surface area contributed by atoms with Crippen molar-refractivity contribution < 1.29 is 5.11 Å². The van der Waals surface area contributed by atoms with Crippen LogP contribution in [0.15, 0.2) is 22.7 Å². The Balaban J connectivity index is 2.82. The molecule has 1 aromatic carbocycles. The fraction of sp³-hybridized carbons (Fsp3) is 0.538. The minimum absolute atomic E-state index is 0.117. The second-order valence-electron chi connectivity index (χ2n) is 4.21. The summed E-state index contributed by atoms with van der Waals surface area (Å²) in [4.78, 5) is 2.07. The van der Waals surface area contributed by atoms with Gasteiger partial charge in [-0.05, 0) is 47.1 Å². The van der Waals surface area contributed by atoms with Gasteiger partial charge in [0.15, 0.2) is 0 Å². The highest BCUT2D eigenvalue weighted by atomic mass is 79.9. The van der Waals surface area contributed by atoms with Crippen LogP contribution in [0.2, 0.25) is 0 Å². The molecule has 96 valence electrons. The van der Waals surface area contributed by atoms with E-state index in [4.69, 9.17) is 5.11 Å². The lowest BCUT2D eigenvalue weighted by molar-refractivity contribution is 0.270. The van der Waals surface area contributed by atoms with Crippen molar-refractivity contribution in [1.29, 1.82) is 0 Å². The normalized spacial score (nSPS) is 12.5. The Hall–Kier alpha value is -0.580. The highest BCUT2D eigenvalue weighted by Gasteiger charge is 2.11. The summed E-state index contributed by atoms with van der Waals surface area (Å²) in [6.45, 7) is 6.11. The Kier molecular flexibility index (Phi) is 5.95. The van der Waals surface area contributed by atoms with E-state index in [-0.39, 0.29) is 12.6 Å². The first kappa shape index (κ1) is 14.5. The number of rotatable bonds is 6. The van der Waals surface area contributed by atoms with Crippen molar-refractivity contribution in [2.24, 2.45) is 0 Å². The van der Waals surface area contributed by atoms with Gasteiger partial charge < -0.3 is 15.3 Å². The molecule has 0 saturated carbocycles. The van der Waals surface area contributed by atoms with Gasteiger partial charge in [0.25, 0.3) is 0 Å². The van der Waals surface area contributed by atoms with E-state index >= 15 is 0 Å². The van der Waals surface area contributed by atoms with Crippen LogP contribution in [0.1, 0.15) is 19.4 Å². The van der Waals surface area contributed by atoms with Gasteiger partial charge in [-0.3, -0.25) is 0 Å². The zero-order valence-electron chi connectivity index (χ0n) is 10.7. The van der Waals surface area contributed by atoms with Gasteiger partial charge in [-0.2, -0.15) is 0 Å². The molecule has 17 heavy (non-hydrogen) atoms. The van der Waals surface area contributed by atoms with Crippen molar-refractivity contribution in [3.05, 3.63) is 28.2 Å². The van der Waals surface area contributed by atoms with E-state index in [1.54, 1.807) is 0 Å². The summed E-state index contributed by atoms with van der Waals surface area (Å²) in [5.74, 6) is 0. The quantitative estimate of drug-likeness (QED) is 0.847. The average Bonchev–Trinajstić information content (AvgIpc) is 2.34. The summed E-state index contributed by atoms with van der Waals surface area (Å²) >= 11 is 3.59. The molecule has 1 unspecified atom stereocenters. The standard InChI is InChI=1S/C13H21BrN2O/c1-4-15-8-11-5-6-13(12(14)7-11)16(3)10(2)9-17/h5-7,10,15,17H,4,8-9H2,1-3H3. The third-order valence-electron chi connectivity index (χ3n) is 2.90. The molecule has 1 rings (SSSR count). The van der Waals surface area contributed by atoms with Crippen molar-refractivity contribution in [1.82, 2.24) is 5.32 Å². The maximum Gasteiger partial charge on any atom is 0.0632 e. The van der Waals surface area contributed by atoms with Gasteiger partial charge in [-0.25, -0.2) is 0 Å². The fourth-order valence-corrected chi connectivity index (χ4v) is 2.28. The van der Waals surface area contributed by atoms with E-state index in [9.17, 15) is 0 Å². The van der Waals surface area contributed by atoms with Crippen LogP contribution in [0.3, 0.4) is 0 Å². The van der Waals surface area contributed by atoms with Crippen molar-refractivity contribution in [2.75, 3.05) is 25.1 Å². The molecule has 0 fully saturated rings. The van der Waals surface area contributed by atoms with E-state index < -0.39 is 0 Å². The minimum atomic E-state index is 0.117. The number of nitrogens with one attached hydrogen (secondary N) is 1. The molecular weight excluding hydrogens is 280 g/mol. The Labute approximate surface area is 112 Å². The summed E-state index contributed by atoms with van der Waals surface area (Å²) in [6, 6.07) is 6.44. The van der Waals surface area contributed by atoms with E-state index in [2.05, 4.69) is 51.3 Å². The van der Waals surface area contributed by atoms with Crippen LogP contribution in [0.4, 0.5) is 5.69 Å². The van der Waals surface area contributed by atoms with E-state index in [0.29, 0.717) is 0 Å². The zero-order chi connectivity index (χ0) is 12.8. The predicted octanol–water partition coefficient (Wildman–Crippen LogP) is 2.38. The maximum absolute atomic E-state index is 9.16. The highest BCUT2D eigenvalue weighted by molar-refractivity contribution is 9.10. The number of aliphatic hydroxyl groups excluding tert-OH is 1. The van der Waals surface area contributed by atoms with Crippen LogP contribution in [0.25, 0.3) is 0 Å². The molecule has 1 aromatic rings. The van der Waals surface area contributed by atoms with Gasteiger partial charge in [0.1, 0.15) is 0 Å². The molecule has 3 nitrogen and oxygen atoms in total. The van der Waals surface area contributed by atoms with Crippen molar-refractivity contribution in [3.63, 3.8) is 0 Å². The minimum Gasteiger partial charge on any atom is -0.394 e. The first-order valence-electron chi connectivity index (χ1n) is 5.93. The van der Waals surface area contributed by atoms with E-state index in [1.807, 2.05) is 14.0 Å². The molecule has 0 aliphatic heterocycles. The van der Waals surface area contributed by atoms with E-state index in [0.717, 1.165) is 23.2 Å². The number of likely N-dealkylation sites (N-methyl/N-ethyl adjacent to an activating group) is 1. The van der Waals surface area contributed by atoms with Crippen molar-refractivity contribution in [3.8, 4) is 0 Å². The lowest BCUT2D eigenvalue weighted by Gasteiger charge is -2.26. The summed E-state index contributed by atoms with van der Waals surface area (Å²) < 4.78 is 1.07. The number of halogens is 1. The Morgan fingerprint density at radius 1 is 1.47 bits per heavy atom. The van der Waals surface area contributed by atoms with Gasteiger partial charge in [-0.15, -0.1) is 0 Å². The molecule has 0 bridgehead atoms. The largest absolute Gasteiger partial charge is 0.394 e. The molecule has 0 aromatic heterocycles. The number of anilines is 1. The molecule has 1 atom stereocenters. The van der Waals surface area contributed by atoms with Gasteiger partial charge in [-0.1, -0.05) is 13.0 Å². The molecule has 0 radical (unpaired) electrons. The first-order valence-corrected chi connectivity index (χ1v) is 6.72. The number of benzene rings is 1. The SMILES string of the molecule is CCNCc1ccc(N(C)C(C)CO)c(Br)c1. The molecule has 0 saturated heterocycles. The monoisotopic (exact) mass is 300 g/mol. The molecule has 2 N–H and O–H groups in total. The Bertz CT molecular complexity index is 357. The van der Waals surface area contributed by atoms with Crippen LogP contribution >= 0.6 is 15.9 Å². The molecule has 0 aliphatic carbocycles. The number of hydrogen-bond donors (Lipinski definition) is 2. The predicted molar refractivity (Wildman–Crippen MR) is 76.5 cm³/mol. The summed E-state index contributed by atoms with van der Waals surface area (Å²) in [6.07, 6.45) is 0. The third kappa shape index (κ3) is 3.98. The van der Waals surface area contributed by atoms with Gasteiger partial charge in [0.2, 0.25) is 0 Å². The van der Waals surface area contributed by atoms with Crippen LogP contribution in [-0.4, -0.2) is 31.3 Å². The summed E-state index contributed by atoms with van der Waals surface area (Å²) in [5, 5.41) is 12.5. The van der Waals surface area contributed by atoms with Crippen LogP contribution in [0, 0.1) is 0 Å². The smallest absolute Gasteiger partial charge is 0.0632 e. The number of hydrogen-bond acceptors (Lipinski definition) is 3. The average molecular weight is 301 g/mol. The summed E-state index contributed by atoms with van der Waals surface area (Å²) in [5.41, 5.74) is 2.36. The molecule has 4 heteroatoms. The lowest BCUT2D eigenvalue weighted by atomic mass is 10.1. The Morgan fingerprint density at radius 2 is 2.18 bits per heavy atom. The van der Waals surface area contributed by atoms with Crippen molar-refractivity contribution >= 4 is 21.6 Å². The van der Waals surface area contributed by atoms with Gasteiger partial charge >= 0.3 is 0 Å². The van der Waals surface area contributed by atoms with Crippen LogP contribution in [-0.2, 0) is 6.54 Å².